The third-order valence-corrected chi connectivity index (χ3v) is 4.91. The van der Waals surface area contributed by atoms with Gasteiger partial charge in [0.1, 0.15) is 12.2 Å². The summed E-state index contributed by atoms with van der Waals surface area (Å²) in [4.78, 5) is 40.1. The lowest BCUT2D eigenvalue weighted by molar-refractivity contribution is -0.167. The molecule has 0 spiro atoms. The molecule has 1 atom stereocenters. The highest BCUT2D eigenvalue weighted by Gasteiger charge is 2.40. The first-order chi connectivity index (χ1) is 13.5. The number of aryl methyl sites for hydroxylation is 1. The molecule has 1 aliphatic carbocycles. The number of nitrogens with one attached hydrogen (secondary N) is 1. The van der Waals surface area contributed by atoms with Crippen molar-refractivity contribution >= 4 is 17.8 Å². The van der Waals surface area contributed by atoms with Crippen LogP contribution in [0, 0.1) is 19.8 Å². The molecule has 0 radical (unpaired) electrons. The molecule has 0 aromatic carbocycles. The number of aromatic nitrogens is 1. The number of esters is 2. The molecule has 162 valence electrons. The lowest BCUT2D eigenvalue weighted by Crippen LogP contribution is -2.47. The zero-order chi connectivity index (χ0) is 21.9. The molecular weight excluding hydrogens is 393 g/mol. The van der Waals surface area contributed by atoms with Crippen LogP contribution in [0.4, 0.5) is 13.2 Å². The van der Waals surface area contributed by atoms with Crippen molar-refractivity contribution in [3.05, 3.63) is 22.5 Å². The van der Waals surface area contributed by atoms with Gasteiger partial charge in [-0.05, 0) is 52.0 Å². The smallest absolute Gasteiger partial charge is 0.406 e. The van der Waals surface area contributed by atoms with E-state index >= 15 is 0 Å². The summed E-state index contributed by atoms with van der Waals surface area (Å²) in [6.07, 6.45) is -3.02. The zero-order valence-electron chi connectivity index (χ0n) is 16.8. The van der Waals surface area contributed by atoms with E-state index in [4.69, 9.17) is 9.47 Å². The van der Waals surface area contributed by atoms with Crippen LogP contribution in [0.3, 0.4) is 0 Å². The maximum absolute atomic E-state index is 12.9. The number of hydrogen-bond acceptors (Lipinski definition) is 5. The molecule has 1 fully saturated rings. The third kappa shape index (κ3) is 5.74. The fourth-order valence-electron chi connectivity index (χ4n) is 3.23. The van der Waals surface area contributed by atoms with Crippen LogP contribution in [0.25, 0.3) is 0 Å². The molecule has 7 nitrogen and oxygen atoms in total. The molecule has 29 heavy (non-hydrogen) atoms. The maximum atomic E-state index is 12.9. The van der Waals surface area contributed by atoms with Gasteiger partial charge in [0.2, 0.25) is 0 Å². The number of carbonyl (C=O) groups excluding carboxylic acids is 3. The number of aromatic amines is 1. The number of ether oxygens (including phenoxy) is 2. The Balaban J connectivity index is 2.07. The minimum absolute atomic E-state index is 0.0254. The van der Waals surface area contributed by atoms with Crippen molar-refractivity contribution < 1.29 is 37.0 Å². The van der Waals surface area contributed by atoms with Crippen LogP contribution in [-0.4, -0.2) is 59.7 Å². The Morgan fingerprint density at radius 2 is 1.79 bits per heavy atom. The molecule has 1 aliphatic rings. The second kappa shape index (κ2) is 8.87. The number of halogens is 3. The molecule has 0 aliphatic heterocycles. The first kappa shape index (κ1) is 22.8. The summed E-state index contributed by atoms with van der Waals surface area (Å²) in [5.41, 5.74) is 0.819. The van der Waals surface area contributed by atoms with Gasteiger partial charge in [0, 0.05) is 11.7 Å². The number of rotatable bonds is 8. The Morgan fingerprint density at radius 1 is 1.17 bits per heavy atom. The van der Waals surface area contributed by atoms with Crippen molar-refractivity contribution in [2.24, 2.45) is 5.92 Å². The van der Waals surface area contributed by atoms with Gasteiger partial charge in [-0.3, -0.25) is 4.79 Å². The number of H-pyrrole nitrogens is 1. The van der Waals surface area contributed by atoms with Gasteiger partial charge in [0.25, 0.3) is 5.91 Å². The molecule has 1 amide bonds. The van der Waals surface area contributed by atoms with Crippen LogP contribution in [0.2, 0.25) is 0 Å². The van der Waals surface area contributed by atoms with Crippen LogP contribution >= 0.6 is 0 Å². The Morgan fingerprint density at radius 3 is 2.31 bits per heavy atom. The van der Waals surface area contributed by atoms with Crippen molar-refractivity contribution in [1.82, 2.24) is 9.88 Å². The molecule has 10 heteroatoms. The Bertz CT molecular complexity index is 784. The SMILES string of the molecule is CCOC(=O)c1c(C)[nH]c(C(=O)OCC(=O)N(CC(F)(F)F)[C@@H](C)C2CC2)c1C. The molecule has 1 N–H and O–H groups in total. The van der Waals surface area contributed by atoms with E-state index in [9.17, 15) is 27.6 Å². The van der Waals surface area contributed by atoms with Crippen molar-refractivity contribution in [3.8, 4) is 0 Å². The van der Waals surface area contributed by atoms with Crippen LogP contribution in [-0.2, 0) is 14.3 Å². The van der Waals surface area contributed by atoms with E-state index < -0.39 is 43.2 Å². The van der Waals surface area contributed by atoms with Crippen molar-refractivity contribution in [3.63, 3.8) is 0 Å². The standard InChI is InChI=1S/C19H25F3N2O5/c1-5-28-17(26)15-10(2)16(23-11(15)3)18(27)29-8-14(25)24(9-19(20,21)22)12(4)13-6-7-13/h12-13,23H,5-9H2,1-4H3/t12-/m0/s1. The monoisotopic (exact) mass is 418 g/mol. The van der Waals surface area contributed by atoms with Gasteiger partial charge in [0.05, 0.1) is 12.2 Å². The Hall–Kier alpha value is -2.52. The van der Waals surface area contributed by atoms with Gasteiger partial charge in [-0.25, -0.2) is 9.59 Å². The zero-order valence-corrected chi connectivity index (χ0v) is 16.8. The molecular formula is C19H25F3N2O5. The predicted octanol–water partition coefficient (Wildman–Crippen LogP) is 3.15. The number of carbonyl (C=O) groups is 3. The van der Waals surface area contributed by atoms with Crippen molar-refractivity contribution in [1.29, 1.82) is 0 Å². The fourth-order valence-corrected chi connectivity index (χ4v) is 3.23. The first-order valence-corrected chi connectivity index (χ1v) is 9.35. The van der Waals surface area contributed by atoms with E-state index in [2.05, 4.69) is 4.98 Å². The molecule has 0 unspecified atom stereocenters. The number of alkyl halides is 3. The van der Waals surface area contributed by atoms with E-state index in [1.54, 1.807) is 20.8 Å². The predicted molar refractivity (Wildman–Crippen MR) is 96.5 cm³/mol. The third-order valence-electron chi connectivity index (χ3n) is 4.91. The van der Waals surface area contributed by atoms with Gasteiger partial charge >= 0.3 is 18.1 Å². The minimum Gasteiger partial charge on any atom is -0.462 e. The summed E-state index contributed by atoms with van der Waals surface area (Å²) in [6.45, 7) is 4.24. The van der Waals surface area contributed by atoms with E-state index in [0.717, 1.165) is 12.8 Å². The molecule has 0 saturated heterocycles. The van der Waals surface area contributed by atoms with Gasteiger partial charge in [-0.2, -0.15) is 13.2 Å². The normalized spacial score (nSPS) is 15.0. The van der Waals surface area contributed by atoms with Crippen LogP contribution in [0.1, 0.15) is 58.8 Å². The van der Waals surface area contributed by atoms with Crippen LogP contribution in [0.15, 0.2) is 0 Å². The molecule has 1 saturated carbocycles. The van der Waals surface area contributed by atoms with E-state index in [0.29, 0.717) is 10.6 Å². The van der Waals surface area contributed by atoms with E-state index in [1.807, 2.05) is 0 Å². The second-order valence-electron chi connectivity index (χ2n) is 7.14. The summed E-state index contributed by atoms with van der Waals surface area (Å²) in [6, 6.07) is -0.590. The molecule has 1 aromatic heterocycles. The molecule has 0 bridgehead atoms. The lowest BCUT2D eigenvalue weighted by atomic mass is 10.1. The Labute approximate surface area is 166 Å². The largest absolute Gasteiger partial charge is 0.462 e. The first-order valence-electron chi connectivity index (χ1n) is 9.35. The number of hydrogen-bond donors (Lipinski definition) is 1. The molecule has 1 heterocycles. The summed E-state index contributed by atoms with van der Waals surface area (Å²) >= 11 is 0. The summed E-state index contributed by atoms with van der Waals surface area (Å²) in [7, 11) is 0. The highest BCUT2D eigenvalue weighted by Crippen LogP contribution is 2.36. The van der Waals surface area contributed by atoms with Crippen LogP contribution in [0.5, 0.6) is 0 Å². The highest BCUT2D eigenvalue weighted by atomic mass is 19.4. The fraction of sp³-hybridized carbons (Fsp3) is 0.632. The molecule has 1 aromatic rings. The summed E-state index contributed by atoms with van der Waals surface area (Å²) < 4.78 is 48.5. The topological polar surface area (TPSA) is 88.7 Å². The number of nitrogens with zero attached hydrogens (tertiary/aromatic N) is 1. The lowest BCUT2D eigenvalue weighted by Gasteiger charge is -2.30. The average molecular weight is 418 g/mol. The van der Waals surface area contributed by atoms with E-state index in [1.165, 1.54) is 6.92 Å². The number of amides is 1. The van der Waals surface area contributed by atoms with Gasteiger partial charge in [-0.15, -0.1) is 0 Å². The quantitative estimate of drug-likeness (QED) is 0.655. The Kier molecular flexibility index (Phi) is 6.97. The van der Waals surface area contributed by atoms with Crippen molar-refractivity contribution in [2.45, 2.75) is 52.8 Å². The molecule has 2 rings (SSSR count). The van der Waals surface area contributed by atoms with E-state index in [-0.39, 0.29) is 29.3 Å². The highest BCUT2D eigenvalue weighted by molar-refractivity contribution is 5.99. The maximum Gasteiger partial charge on any atom is 0.406 e. The average Bonchev–Trinajstić information content (AvgIpc) is 3.41. The summed E-state index contributed by atoms with van der Waals surface area (Å²) in [5, 5.41) is 0. The van der Waals surface area contributed by atoms with Gasteiger partial charge in [0.15, 0.2) is 6.61 Å². The van der Waals surface area contributed by atoms with Gasteiger partial charge in [-0.1, -0.05) is 0 Å². The second-order valence-corrected chi connectivity index (χ2v) is 7.14. The van der Waals surface area contributed by atoms with Crippen molar-refractivity contribution in [2.75, 3.05) is 19.8 Å². The van der Waals surface area contributed by atoms with Gasteiger partial charge < -0.3 is 19.4 Å². The minimum atomic E-state index is -4.55. The van der Waals surface area contributed by atoms with Crippen LogP contribution < -0.4 is 0 Å². The summed E-state index contributed by atoms with van der Waals surface area (Å²) in [5.74, 6) is -2.43.